The molecular weight excluding hydrogens is 378 g/mol. The van der Waals surface area contributed by atoms with E-state index in [0.717, 1.165) is 17.7 Å². The van der Waals surface area contributed by atoms with Crippen LogP contribution in [0, 0.1) is 6.92 Å². The zero-order chi connectivity index (χ0) is 21.7. The Morgan fingerprint density at radius 1 is 0.967 bits per heavy atom. The Labute approximate surface area is 176 Å². The number of aromatic nitrogens is 3. The van der Waals surface area contributed by atoms with Gasteiger partial charge in [-0.25, -0.2) is 9.67 Å². The first-order chi connectivity index (χ1) is 14.3. The number of amides is 2. The van der Waals surface area contributed by atoms with Crippen molar-refractivity contribution in [2.24, 2.45) is 0 Å². The van der Waals surface area contributed by atoms with E-state index in [1.165, 1.54) is 15.4 Å². The molecule has 2 amide bonds. The molecule has 0 spiro atoms. The predicted molar refractivity (Wildman–Crippen MR) is 116 cm³/mol. The lowest BCUT2D eigenvalue weighted by molar-refractivity contribution is -0.129. The minimum Gasteiger partial charge on any atom is -0.347 e. The largest absolute Gasteiger partial charge is 0.347 e. The van der Waals surface area contributed by atoms with Crippen LogP contribution in [0.25, 0.3) is 5.69 Å². The third-order valence-electron chi connectivity index (χ3n) is 4.81. The van der Waals surface area contributed by atoms with Gasteiger partial charge in [0.1, 0.15) is 5.82 Å². The van der Waals surface area contributed by atoms with Crippen LogP contribution in [-0.2, 0) is 17.6 Å². The van der Waals surface area contributed by atoms with Crippen LogP contribution in [0.4, 0.5) is 0 Å². The van der Waals surface area contributed by atoms with Crippen molar-refractivity contribution in [3.05, 3.63) is 77.4 Å². The number of hydrogen-bond acceptors (Lipinski definition) is 4. The van der Waals surface area contributed by atoms with Gasteiger partial charge < -0.3 is 9.80 Å². The Bertz CT molecular complexity index is 1030. The molecular formula is C23H27N5O2. The molecule has 30 heavy (non-hydrogen) atoms. The van der Waals surface area contributed by atoms with Crippen molar-refractivity contribution < 1.29 is 9.59 Å². The molecule has 0 N–H and O–H groups in total. The summed E-state index contributed by atoms with van der Waals surface area (Å²) in [5.74, 6) is 0.264. The first-order valence-electron chi connectivity index (χ1n) is 9.87. The number of aryl methyl sites for hydroxylation is 3. The van der Waals surface area contributed by atoms with Crippen LogP contribution in [-0.4, -0.2) is 64.1 Å². The maximum atomic E-state index is 12.9. The summed E-state index contributed by atoms with van der Waals surface area (Å²) in [5.41, 5.74) is 3.15. The Morgan fingerprint density at radius 3 is 2.37 bits per heavy atom. The van der Waals surface area contributed by atoms with Gasteiger partial charge in [0.25, 0.3) is 5.91 Å². The maximum absolute atomic E-state index is 12.9. The third-order valence-corrected chi connectivity index (χ3v) is 4.81. The fourth-order valence-corrected chi connectivity index (χ4v) is 3.05. The van der Waals surface area contributed by atoms with E-state index in [1.807, 2.05) is 49.4 Å². The first kappa shape index (κ1) is 21.2. The molecule has 0 fully saturated rings. The molecule has 3 rings (SSSR count). The highest BCUT2D eigenvalue weighted by molar-refractivity contribution is 5.93. The van der Waals surface area contributed by atoms with Crippen LogP contribution < -0.4 is 0 Å². The van der Waals surface area contributed by atoms with Crippen LogP contribution >= 0.6 is 0 Å². The molecule has 0 atom stereocenters. The van der Waals surface area contributed by atoms with Crippen LogP contribution in [0.5, 0.6) is 0 Å². The second-order valence-electron chi connectivity index (χ2n) is 7.54. The van der Waals surface area contributed by atoms with Gasteiger partial charge >= 0.3 is 0 Å². The van der Waals surface area contributed by atoms with E-state index >= 15 is 0 Å². The van der Waals surface area contributed by atoms with Gasteiger partial charge in [0.2, 0.25) is 11.7 Å². The van der Waals surface area contributed by atoms with E-state index in [2.05, 4.69) is 22.2 Å². The summed E-state index contributed by atoms with van der Waals surface area (Å²) < 4.78 is 1.73. The summed E-state index contributed by atoms with van der Waals surface area (Å²) in [5, 5.41) is 4.50. The normalized spacial score (nSPS) is 10.7. The summed E-state index contributed by atoms with van der Waals surface area (Å²) >= 11 is 0. The molecule has 0 aliphatic carbocycles. The number of hydrogen-bond donors (Lipinski definition) is 0. The van der Waals surface area contributed by atoms with Crippen molar-refractivity contribution in [3.63, 3.8) is 0 Å². The highest BCUT2D eigenvalue weighted by Gasteiger charge is 2.22. The van der Waals surface area contributed by atoms with Crippen LogP contribution in [0.3, 0.4) is 0 Å². The lowest BCUT2D eigenvalue weighted by atomic mass is 10.1. The number of likely N-dealkylation sites (N-methyl/N-ethyl adjacent to an activating group) is 2. The molecule has 0 unspecified atom stereocenters. The van der Waals surface area contributed by atoms with E-state index in [1.54, 1.807) is 25.8 Å². The average molecular weight is 406 g/mol. The standard InChI is InChI=1S/C23H27N5O2/c1-17-9-8-12-19(15-17)28-20(14-13-18-10-6-5-7-11-18)24-22(25-28)23(30)27(4)16-21(29)26(2)3/h5-12,15H,13-14,16H2,1-4H3. The summed E-state index contributed by atoms with van der Waals surface area (Å²) in [6.07, 6.45) is 1.42. The zero-order valence-corrected chi connectivity index (χ0v) is 17.9. The molecule has 7 heteroatoms. The molecule has 0 aliphatic rings. The Balaban J connectivity index is 1.89. The predicted octanol–water partition coefficient (Wildman–Crippen LogP) is 2.52. The summed E-state index contributed by atoms with van der Waals surface area (Å²) in [7, 11) is 4.90. The van der Waals surface area contributed by atoms with E-state index in [0.29, 0.717) is 12.2 Å². The summed E-state index contributed by atoms with van der Waals surface area (Å²) in [6, 6.07) is 18.1. The van der Waals surface area contributed by atoms with Gasteiger partial charge in [-0.1, -0.05) is 42.5 Å². The molecule has 1 aromatic heterocycles. The Kier molecular flexibility index (Phi) is 6.61. The van der Waals surface area contributed by atoms with Crippen molar-refractivity contribution in [1.29, 1.82) is 0 Å². The van der Waals surface area contributed by atoms with Crippen LogP contribution in [0.1, 0.15) is 27.6 Å². The lowest BCUT2D eigenvalue weighted by Gasteiger charge is -2.17. The number of rotatable bonds is 7. The zero-order valence-electron chi connectivity index (χ0n) is 17.9. The molecule has 7 nitrogen and oxygen atoms in total. The van der Waals surface area contributed by atoms with Gasteiger partial charge in [-0.3, -0.25) is 9.59 Å². The molecule has 1 heterocycles. The molecule has 0 aliphatic heterocycles. The van der Waals surface area contributed by atoms with Crippen molar-refractivity contribution in [3.8, 4) is 5.69 Å². The molecule has 2 aromatic carbocycles. The van der Waals surface area contributed by atoms with E-state index in [9.17, 15) is 9.59 Å². The molecule has 0 radical (unpaired) electrons. The molecule has 0 saturated heterocycles. The summed E-state index contributed by atoms with van der Waals surface area (Å²) in [4.78, 5) is 32.2. The SMILES string of the molecule is Cc1cccc(-n2nc(C(=O)N(C)CC(=O)N(C)C)nc2CCc2ccccc2)c1. The van der Waals surface area contributed by atoms with Crippen molar-refractivity contribution in [2.75, 3.05) is 27.7 Å². The molecule has 3 aromatic rings. The van der Waals surface area contributed by atoms with Crippen molar-refractivity contribution >= 4 is 11.8 Å². The third kappa shape index (κ3) is 5.11. The number of benzene rings is 2. The Hall–Kier alpha value is -3.48. The average Bonchev–Trinajstić information content (AvgIpc) is 3.16. The second kappa shape index (κ2) is 9.35. The van der Waals surface area contributed by atoms with Crippen LogP contribution in [0.2, 0.25) is 0 Å². The fourth-order valence-electron chi connectivity index (χ4n) is 3.05. The number of carbonyl (C=O) groups is 2. The number of carbonyl (C=O) groups excluding carboxylic acids is 2. The fraction of sp³-hybridized carbons (Fsp3) is 0.304. The van der Waals surface area contributed by atoms with Gasteiger partial charge in [0.05, 0.1) is 12.2 Å². The van der Waals surface area contributed by atoms with Crippen molar-refractivity contribution in [2.45, 2.75) is 19.8 Å². The smallest absolute Gasteiger partial charge is 0.293 e. The maximum Gasteiger partial charge on any atom is 0.293 e. The monoisotopic (exact) mass is 405 g/mol. The van der Waals surface area contributed by atoms with Gasteiger partial charge in [0.15, 0.2) is 0 Å². The molecule has 0 bridgehead atoms. The van der Waals surface area contributed by atoms with E-state index in [-0.39, 0.29) is 24.2 Å². The van der Waals surface area contributed by atoms with Gasteiger partial charge in [-0.2, -0.15) is 0 Å². The molecule has 0 saturated carbocycles. The van der Waals surface area contributed by atoms with E-state index < -0.39 is 0 Å². The minimum atomic E-state index is -0.377. The highest BCUT2D eigenvalue weighted by Crippen LogP contribution is 2.15. The van der Waals surface area contributed by atoms with Crippen molar-refractivity contribution in [1.82, 2.24) is 24.6 Å². The molecule has 156 valence electrons. The van der Waals surface area contributed by atoms with E-state index in [4.69, 9.17) is 0 Å². The van der Waals surface area contributed by atoms with Gasteiger partial charge in [-0.05, 0) is 36.6 Å². The minimum absolute atomic E-state index is 0.0236. The second-order valence-corrected chi connectivity index (χ2v) is 7.54. The quantitative estimate of drug-likeness (QED) is 0.606. The first-order valence-corrected chi connectivity index (χ1v) is 9.87. The van der Waals surface area contributed by atoms with Crippen LogP contribution in [0.15, 0.2) is 54.6 Å². The van der Waals surface area contributed by atoms with Gasteiger partial charge in [0, 0.05) is 27.6 Å². The Morgan fingerprint density at radius 2 is 1.70 bits per heavy atom. The topological polar surface area (TPSA) is 71.3 Å². The lowest BCUT2D eigenvalue weighted by Crippen LogP contribution is -2.38. The summed E-state index contributed by atoms with van der Waals surface area (Å²) in [6.45, 7) is 1.99. The highest BCUT2D eigenvalue weighted by atomic mass is 16.2. The number of nitrogens with zero attached hydrogens (tertiary/aromatic N) is 5. The van der Waals surface area contributed by atoms with Gasteiger partial charge in [-0.15, -0.1) is 5.10 Å².